The summed E-state index contributed by atoms with van der Waals surface area (Å²) in [5, 5.41) is 4.65. The van der Waals surface area contributed by atoms with Gasteiger partial charge in [-0.2, -0.15) is 11.8 Å². The van der Waals surface area contributed by atoms with Crippen LogP contribution in [0.15, 0.2) is 0 Å². The van der Waals surface area contributed by atoms with Crippen molar-refractivity contribution in [2.45, 2.75) is 62.5 Å². The van der Waals surface area contributed by atoms with Crippen molar-refractivity contribution >= 4 is 11.8 Å². The van der Waals surface area contributed by atoms with Crippen molar-refractivity contribution in [1.82, 2.24) is 5.32 Å². The highest BCUT2D eigenvalue weighted by molar-refractivity contribution is 7.99. The molecule has 1 aliphatic carbocycles. The molecular weight excluding hydrogens is 206 g/mol. The fourth-order valence-corrected chi connectivity index (χ4v) is 3.74. The number of hydrogen-bond acceptors (Lipinski definition) is 3. The Morgan fingerprint density at radius 3 is 2.60 bits per heavy atom. The summed E-state index contributed by atoms with van der Waals surface area (Å²) in [6.45, 7) is 3.14. The average molecular weight is 229 g/mol. The lowest BCUT2D eigenvalue weighted by atomic mass is 9.93. The third-order valence-electron chi connectivity index (χ3n) is 3.81. The molecule has 4 unspecified atom stereocenters. The molecule has 1 heterocycles. The molecule has 0 bridgehead atoms. The first-order valence-corrected chi connectivity index (χ1v) is 7.50. The van der Waals surface area contributed by atoms with E-state index >= 15 is 0 Å². The maximum absolute atomic E-state index is 5.61. The van der Waals surface area contributed by atoms with Crippen molar-refractivity contribution in [3.05, 3.63) is 0 Å². The zero-order valence-corrected chi connectivity index (χ0v) is 10.7. The van der Waals surface area contributed by atoms with E-state index in [0.29, 0.717) is 12.1 Å². The molecule has 2 aliphatic rings. The van der Waals surface area contributed by atoms with E-state index in [0.717, 1.165) is 17.9 Å². The number of thioether (sulfide) groups is 1. The van der Waals surface area contributed by atoms with Gasteiger partial charge in [0.15, 0.2) is 0 Å². The molecular formula is C12H23NOS. The third kappa shape index (κ3) is 2.89. The molecule has 2 fully saturated rings. The molecule has 0 amide bonds. The molecule has 1 saturated carbocycles. The Morgan fingerprint density at radius 2 is 1.93 bits per heavy atom. The van der Waals surface area contributed by atoms with Crippen LogP contribution in [0.3, 0.4) is 0 Å². The summed E-state index contributed by atoms with van der Waals surface area (Å²) in [5.41, 5.74) is 0. The predicted octanol–water partition coefficient (Wildman–Crippen LogP) is 2.43. The lowest BCUT2D eigenvalue weighted by molar-refractivity contribution is 0.109. The first-order valence-electron chi connectivity index (χ1n) is 6.21. The van der Waals surface area contributed by atoms with Gasteiger partial charge in [0.05, 0.1) is 6.10 Å². The fourth-order valence-electron chi connectivity index (χ4n) is 2.80. The minimum Gasteiger partial charge on any atom is -0.377 e. The van der Waals surface area contributed by atoms with Gasteiger partial charge in [0, 0.05) is 23.9 Å². The van der Waals surface area contributed by atoms with Crippen LogP contribution in [0.4, 0.5) is 0 Å². The number of hydrogen-bond donors (Lipinski definition) is 1. The van der Waals surface area contributed by atoms with E-state index < -0.39 is 0 Å². The fraction of sp³-hybridized carbons (Fsp3) is 1.00. The summed E-state index contributed by atoms with van der Waals surface area (Å²) in [6, 6.07) is 1.32. The molecule has 0 radical (unpaired) electrons. The highest BCUT2D eigenvalue weighted by Crippen LogP contribution is 2.28. The maximum atomic E-state index is 5.61. The highest BCUT2D eigenvalue weighted by atomic mass is 32.2. The molecule has 1 saturated heterocycles. The first kappa shape index (κ1) is 11.7. The van der Waals surface area contributed by atoms with Crippen LogP contribution in [0.25, 0.3) is 0 Å². The molecule has 4 atom stereocenters. The second-order valence-corrected chi connectivity index (χ2v) is 5.88. The van der Waals surface area contributed by atoms with Gasteiger partial charge in [0.25, 0.3) is 0 Å². The Kier molecular flexibility index (Phi) is 4.35. The van der Waals surface area contributed by atoms with Gasteiger partial charge in [-0.3, -0.25) is 0 Å². The third-order valence-corrected chi connectivity index (χ3v) is 4.98. The summed E-state index contributed by atoms with van der Waals surface area (Å²) in [5.74, 6) is 0. The largest absolute Gasteiger partial charge is 0.377 e. The van der Waals surface area contributed by atoms with E-state index in [4.69, 9.17) is 4.74 Å². The molecule has 2 nitrogen and oxygen atoms in total. The quantitative estimate of drug-likeness (QED) is 0.803. The molecule has 15 heavy (non-hydrogen) atoms. The highest BCUT2D eigenvalue weighted by Gasteiger charge is 2.30. The summed E-state index contributed by atoms with van der Waals surface area (Å²) in [6.07, 6.45) is 9.42. The Labute approximate surface area is 97.5 Å². The number of rotatable bonds is 3. The second kappa shape index (κ2) is 5.55. The molecule has 0 aromatic carbocycles. The van der Waals surface area contributed by atoms with Crippen molar-refractivity contribution in [3.8, 4) is 0 Å². The maximum Gasteiger partial charge on any atom is 0.0700 e. The first-order chi connectivity index (χ1) is 7.31. The van der Waals surface area contributed by atoms with Crippen molar-refractivity contribution in [3.63, 3.8) is 0 Å². The van der Waals surface area contributed by atoms with Crippen molar-refractivity contribution in [1.29, 1.82) is 0 Å². The van der Waals surface area contributed by atoms with E-state index in [2.05, 4.69) is 18.5 Å². The molecule has 88 valence electrons. The van der Waals surface area contributed by atoms with Crippen LogP contribution in [0, 0.1) is 0 Å². The van der Waals surface area contributed by atoms with Gasteiger partial charge in [0.1, 0.15) is 0 Å². The van der Waals surface area contributed by atoms with Crippen molar-refractivity contribution in [2.24, 2.45) is 0 Å². The van der Waals surface area contributed by atoms with E-state index in [1.807, 2.05) is 11.8 Å². The zero-order chi connectivity index (χ0) is 10.7. The van der Waals surface area contributed by atoms with Crippen LogP contribution in [0.1, 0.15) is 39.0 Å². The van der Waals surface area contributed by atoms with Crippen LogP contribution in [0.2, 0.25) is 0 Å². The van der Waals surface area contributed by atoms with Gasteiger partial charge < -0.3 is 10.1 Å². The minimum absolute atomic E-state index is 0.412. The van der Waals surface area contributed by atoms with Gasteiger partial charge >= 0.3 is 0 Å². The van der Waals surface area contributed by atoms with E-state index in [-0.39, 0.29) is 0 Å². The predicted molar refractivity (Wildman–Crippen MR) is 66.5 cm³/mol. The lowest BCUT2D eigenvalue weighted by Gasteiger charge is -2.34. The SMILES string of the molecule is CSC1CCCCC1NC1CCOC1C. The molecule has 1 aliphatic heterocycles. The number of ether oxygens (including phenoxy) is 1. The monoisotopic (exact) mass is 229 g/mol. The van der Waals surface area contributed by atoms with Gasteiger partial charge in [-0.1, -0.05) is 12.8 Å². The Balaban J connectivity index is 1.85. The van der Waals surface area contributed by atoms with Crippen LogP contribution in [-0.4, -0.2) is 36.3 Å². The molecule has 0 spiro atoms. The van der Waals surface area contributed by atoms with E-state index in [1.165, 1.54) is 32.1 Å². The smallest absolute Gasteiger partial charge is 0.0700 e. The summed E-state index contributed by atoms with van der Waals surface area (Å²) in [4.78, 5) is 0. The van der Waals surface area contributed by atoms with Crippen molar-refractivity contribution in [2.75, 3.05) is 12.9 Å². The zero-order valence-electron chi connectivity index (χ0n) is 9.87. The van der Waals surface area contributed by atoms with Crippen LogP contribution < -0.4 is 5.32 Å². The normalized spacial score (nSPS) is 42.0. The average Bonchev–Trinajstić information content (AvgIpc) is 2.65. The lowest BCUT2D eigenvalue weighted by Crippen LogP contribution is -2.48. The molecule has 1 N–H and O–H groups in total. The Morgan fingerprint density at radius 1 is 1.13 bits per heavy atom. The summed E-state index contributed by atoms with van der Waals surface area (Å²) < 4.78 is 5.61. The van der Waals surface area contributed by atoms with Crippen LogP contribution in [0.5, 0.6) is 0 Å². The topological polar surface area (TPSA) is 21.3 Å². The Hall–Kier alpha value is 0.270. The van der Waals surface area contributed by atoms with Gasteiger partial charge in [-0.05, 0) is 32.4 Å². The van der Waals surface area contributed by atoms with Crippen molar-refractivity contribution < 1.29 is 4.74 Å². The second-order valence-electron chi connectivity index (χ2n) is 4.80. The van der Waals surface area contributed by atoms with Crippen LogP contribution in [-0.2, 0) is 4.74 Å². The minimum atomic E-state index is 0.412. The molecule has 2 rings (SSSR count). The van der Waals surface area contributed by atoms with Gasteiger partial charge in [-0.25, -0.2) is 0 Å². The van der Waals surface area contributed by atoms with Crippen LogP contribution >= 0.6 is 11.8 Å². The Bertz CT molecular complexity index is 200. The van der Waals surface area contributed by atoms with E-state index in [9.17, 15) is 0 Å². The summed E-state index contributed by atoms with van der Waals surface area (Å²) in [7, 11) is 0. The summed E-state index contributed by atoms with van der Waals surface area (Å²) >= 11 is 2.04. The standard InChI is InChI=1S/C12H23NOS/c1-9-10(7-8-14-9)13-11-5-3-4-6-12(11)15-2/h9-13H,3-8H2,1-2H3. The van der Waals surface area contributed by atoms with Gasteiger partial charge in [-0.15, -0.1) is 0 Å². The van der Waals surface area contributed by atoms with E-state index in [1.54, 1.807) is 0 Å². The molecule has 0 aromatic rings. The van der Waals surface area contributed by atoms with Gasteiger partial charge in [0.2, 0.25) is 0 Å². The number of nitrogens with one attached hydrogen (secondary N) is 1. The molecule has 0 aromatic heterocycles. The molecule has 3 heteroatoms.